The fraction of sp³-hybridized carbons (Fsp3) is 0.409. The quantitative estimate of drug-likeness (QED) is 0.0839. The maximum atomic E-state index is 13.1. The molecule has 2 atom stereocenters. The summed E-state index contributed by atoms with van der Waals surface area (Å²) in [6.45, 7) is 18.3. The topological polar surface area (TPSA) is 191 Å². The summed E-state index contributed by atoms with van der Waals surface area (Å²) >= 11 is 0. The highest BCUT2D eigenvalue weighted by atomic mass is 16.5. The summed E-state index contributed by atoms with van der Waals surface area (Å²) < 4.78 is 23.0. The van der Waals surface area contributed by atoms with Gasteiger partial charge in [0, 0.05) is 31.9 Å². The third kappa shape index (κ3) is 8.60. The number of carbonyl (C=O) groups excluding carboxylic acids is 3. The number of aromatic hydroxyl groups is 2. The molecule has 0 aliphatic carbocycles. The van der Waals surface area contributed by atoms with Crippen LogP contribution < -0.4 is 20.7 Å². The van der Waals surface area contributed by atoms with Crippen LogP contribution in [0, 0.1) is 13.3 Å². The number of aryl methyl sites for hydroxylation is 2. The molecule has 12 nitrogen and oxygen atoms in total. The lowest BCUT2D eigenvalue weighted by Gasteiger charge is -2.30. The van der Waals surface area contributed by atoms with Crippen LogP contribution in [0.3, 0.4) is 0 Å². The number of phenols is 2. The average Bonchev–Trinajstić information content (AvgIpc) is 3.11. The number of rotatable bonds is 9. The van der Waals surface area contributed by atoms with Crippen molar-refractivity contribution in [2.24, 2.45) is 5.92 Å². The summed E-state index contributed by atoms with van der Waals surface area (Å²) in [5, 5.41) is 32.6. The fourth-order valence-corrected chi connectivity index (χ4v) is 6.63. The van der Waals surface area contributed by atoms with E-state index >= 15 is 0 Å². The number of fused-ring (bicyclic) bond motifs is 6. The highest BCUT2D eigenvalue weighted by Crippen LogP contribution is 2.48. The monoisotopic (exact) mass is 773 g/mol. The molecule has 0 radical (unpaired) electrons. The Morgan fingerprint density at radius 2 is 1.12 bits per heavy atom. The van der Waals surface area contributed by atoms with Crippen LogP contribution >= 0.6 is 0 Å². The first-order valence-electron chi connectivity index (χ1n) is 18.4. The summed E-state index contributed by atoms with van der Waals surface area (Å²) in [5.41, 5.74) is 0.0633. The zero-order valence-corrected chi connectivity index (χ0v) is 33.9. The molecule has 0 saturated carbocycles. The van der Waals surface area contributed by atoms with Gasteiger partial charge in [0.1, 0.15) is 52.1 Å². The van der Waals surface area contributed by atoms with Crippen LogP contribution in [0.2, 0.25) is 0 Å². The van der Waals surface area contributed by atoms with Gasteiger partial charge in [-0.2, -0.15) is 0 Å². The molecule has 12 heteroatoms. The van der Waals surface area contributed by atoms with Gasteiger partial charge in [-0.05, 0) is 82.9 Å². The van der Waals surface area contributed by atoms with Crippen LogP contribution in [0.15, 0.2) is 42.7 Å². The Morgan fingerprint density at radius 3 is 1.50 bits per heavy atom. The summed E-state index contributed by atoms with van der Waals surface area (Å²) in [5.74, 6) is -1.19. The smallest absolute Gasteiger partial charge is 0.336 e. The van der Waals surface area contributed by atoms with E-state index in [1.165, 1.54) is 19.1 Å². The maximum absolute atomic E-state index is 13.1. The molecule has 0 spiro atoms. The maximum Gasteiger partial charge on any atom is 0.336 e. The molecule has 4 aromatic rings. The van der Waals surface area contributed by atoms with Crippen molar-refractivity contribution in [2.45, 2.75) is 112 Å². The zero-order valence-electron chi connectivity index (χ0n) is 33.9. The van der Waals surface area contributed by atoms with Crippen molar-refractivity contribution in [3.8, 4) is 23.0 Å². The lowest BCUT2D eigenvalue weighted by molar-refractivity contribution is -0.0980. The van der Waals surface area contributed by atoms with Crippen LogP contribution in [0.1, 0.15) is 125 Å². The van der Waals surface area contributed by atoms with Gasteiger partial charge < -0.3 is 38.4 Å². The Balaban J connectivity index is 0.000000284. The lowest BCUT2D eigenvalue weighted by Crippen LogP contribution is -2.29. The number of ether oxygens (including phenoxy) is 2. The molecule has 2 unspecified atom stereocenters. The molecule has 2 aliphatic heterocycles. The van der Waals surface area contributed by atoms with Gasteiger partial charge in [-0.15, -0.1) is 0 Å². The van der Waals surface area contributed by atoms with Gasteiger partial charge in [-0.3, -0.25) is 9.59 Å². The minimum atomic E-state index is -0.922. The van der Waals surface area contributed by atoms with E-state index in [4.69, 9.17) is 23.1 Å². The Bertz CT molecular complexity index is 2320. The van der Waals surface area contributed by atoms with Crippen molar-refractivity contribution in [3.63, 3.8) is 0 Å². The second kappa shape index (κ2) is 17.5. The average molecular weight is 774 g/mol. The third-order valence-corrected chi connectivity index (χ3v) is 9.52. The predicted octanol–water partition coefficient (Wildman–Crippen LogP) is 8.33. The minimum absolute atomic E-state index is 0. The molecule has 6 rings (SSSR count). The number of aliphatic hydroxyl groups is 1. The zero-order chi connectivity index (χ0) is 41.2. The number of ketones is 2. The first kappa shape index (κ1) is 44.8. The van der Waals surface area contributed by atoms with E-state index in [1.54, 1.807) is 32.1 Å². The number of hydrogen-bond donors (Lipinski definition) is 3. The summed E-state index contributed by atoms with van der Waals surface area (Å²) in [6, 6.07) is 2.85. The molecule has 0 bridgehead atoms. The molecular formula is C44H53O12+. The minimum Gasteiger partial charge on any atom is -0.506 e. The van der Waals surface area contributed by atoms with Crippen LogP contribution in [-0.4, -0.2) is 51.0 Å². The Hall–Kier alpha value is -5.62. The van der Waals surface area contributed by atoms with Crippen molar-refractivity contribution < 1.29 is 48.0 Å². The van der Waals surface area contributed by atoms with Crippen molar-refractivity contribution >= 4 is 52.4 Å². The molecule has 0 saturated heterocycles. The van der Waals surface area contributed by atoms with Crippen molar-refractivity contribution in [1.82, 2.24) is 0 Å². The summed E-state index contributed by atoms with van der Waals surface area (Å²) in [4.78, 5) is 57.8. The molecule has 3 N–H and O–H groups in total. The molecule has 2 aliphatic rings. The van der Waals surface area contributed by atoms with E-state index < -0.39 is 40.3 Å². The number of aliphatic hydroxyl groups excluding tert-OH is 1. The highest BCUT2D eigenvalue weighted by Gasteiger charge is 2.35. The molecule has 4 heterocycles. The standard InChI is InChI=1S/C22H26O6.C20H22O5.CH2O.CH3/c1-6-7-13-10-15(24)27-21-16(13)20-14(8-9-22(4,5)28-20)19(26)17(21)18(25)11(2)12(3)23;1-5-7-11-10-14(22)24-19-15(11)18-12(8-9-20(3,4)25-18)17(23)16(19)13(21)6-2;1-2;/h8-12,23,26H,6-7H2,1-5H3;8-10,23H,5-7H2,1-4H3;1H2;1H3/q;;;+1. The van der Waals surface area contributed by atoms with E-state index in [2.05, 4.69) is 0 Å². The number of hydrogen-bond acceptors (Lipinski definition) is 12. The molecule has 56 heavy (non-hydrogen) atoms. The largest absolute Gasteiger partial charge is 0.506 e. The van der Waals surface area contributed by atoms with Crippen molar-refractivity contribution in [1.29, 1.82) is 0 Å². The first-order chi connectivity index (χ1) is 25.9. The molecular weight excluding hydrogens is 720 g/mol. The van der Waals surface area contributed by atoms with E-state index in [0.29, 0.717) is 51.8 Å². The molecule has 0 amide bonds. The van der Waals surface area contributed by atoms with E-state index in [0.717, 1.165) is 18.4 Å². The lowest BCUT2D eigenvalue weighted by atomic mass is 9.88. The van der Waals surface area contributed by atoms with Crippen molar-refractivity contribution in [3.05, 3.63) is 85.9 Å². The van der Waals surface area contributed by atoms with E-state index in [9.17, 15) is 34.5 Å². The normalized spacial score (nSPS) is 15.3. The summed E-state index contributed by atoms with van der Waals surface area (Å²) in [6.07, 6.45) is 9.23. The van der Waals surface area contributed by atoms with Crippen LogP contribution in [0.5, 0.6) is 23.0 Å². The van der Waals surface area contributed by atoms with Gasteiger partial charge in [-0.1, -0.05) is 40.5 Å². The molecule has 300 valence electrons. The Labute approximate surface area is 326 Å². The number of phenolic OH excluding ortho intramolecular Hbond substituents is 2. The molecule has 0 fully saturated rings. The van der Waals surface area contributed by atoms with Gasteiger partial charge in [0.05, 0.1) is 28.0 Å². The van der Waals surface area contributed by atoms with Gasteiger partial charge >= 0.3 is 11.3 Å². The summed E-state index contributed by atoms with van der Waals surface area (Å²) in [7, 11) is 0. The van der Waals surface area contributed by atoms with E-state index in [1.807, 2.05) is 54.4 Å². The first-order valence-corrected chi connectivity index (χ1v) is 18.4. The van der Waals surface area contributed by atoms with Crippen molar-refractivity contribution in [2.75, 3.05) is 0 Å². The number of benzene rings is 2. The van der Waals surface area contributed by atoms with E-state index in [-0.39, 0.29) is 53.4 Å². The Morgan fingerprint density at radius 1 is 0.732 bits per heavy atom. The predicted molar refractivity (Wildman–Crippen MR) is 217 cm³/mol. The van der Waals surface area contributed by atoms with Crippen LogP contribution in [-0.2, 0) is 17.6 Å². The second-order valence-electron chi connectivity index (χ2n) is 14.8. The van der Waals surface area contributed by atoms with Gasteiger partial charge in [-0.25, -0.2) is 9.59 Å². The molecule has 2 aromatic carbocycles. The van der Waals surface area contributed by atoms with Crippen LogP contribution in [0.4, 0.5) is 0 Å². The highest BCUT2D eigenvalue weighted by molar-refractivity contribution is 6.14. The second-order valence-corrected chi connectivity index (χ2v) is 14.8. The van der Waals surface area contributed by atoms with Gasteiger partial charge in [0.25, 0.3) is 0 Å². The van der Waals surface area contributed by atoms with Gasteiger partial charge in [0.15, 0.2) is 22.7 Å². The third-order valence-electron chi connectivity index (χ3n) is 9.52. The SMILES string of the molecule is C=O.CCCc1cc(=O)oc2c(C(=O)C(C)C(C)O)c(O)c3c(c12)OC(C)(C)C=C3.CCCc1cc(=O)oc2c(C(=O)CC)c(O)c3c(c12)OC(C)(C)C=C3.[CH3+]. The fourth-order valence-electron chi connectivity index (χ4n) is 6.63. The number of carbonyl (C=O) groups is 3. The van der Waals surface area contributed by atoms with Gasteiger partial charge in [0.2, 0.25) is 0 Å². The Kier molecular flexibility index (Phi) is 14.0. The van der Waals surface area contributed by atoms with Crippen LogP contribution in [0.25, 0.3) is 34.1 Å². The number of Topliss-reactive ketones (excluding diaryl/α,β-unsaturated/α-hetero) is 2. The molecule has 2 aromatic heterocycles.